The Balaban J connectivity index is 2.69. The van der Waals surface area contributed by atoms with E-state index in [1.165, 1.54) is 0 Å². The molecule has 0 spiro atoms. The summed E-state index contributed by atoms with van der Waals surface area (Å²) in [5.41, 5.74) is 1.80. The predicted molar refractivity (Wildman–Crippen MR) is 67.9 cm³/mol. The smallest absolute Gasteiger partial charge is 0.313 e. The molecule has 1 aromatic rings. The first kappa shape index (κ1) is 15.3. The van der Waals surface area contributed by atoms with Gasteiger partial charge in [0, 0.05) is 17.5 Å². The van der Waals surface area contributed by atoms with Crippen LogP contribution >= 0.6 is 11.6 Å². The molecule has 0 heterocycles. The van der Waals surface area contributed by atoms with Crippen molar-refractivity contribution >= 4 is 11.6 Å². The van der Waals surface area contributed by atoms with Gasteiger partial charge in [0.2, 0.25) is 0 Å². The van der Waals surface area contributed by atoms with E-state index in [9.17, 15) is 13.2 Å². The van der Waals surface area contributed by atoms with Crippen molar-refractivity contribution in [2.45, 2.75) is 38.4 Å². The first-order valence-electron chi connectivity index (χ1n) is 5.84. The van der Waals surface area contributed by atoms with Gasteiger partial charge in [-0.2, -0.15) is 13.2 Å². The lowest BCUT2D eigenvalue weighted by molar-refractivity contribution is -0.135. The van der Waals surface area contributed by atoms with Gasteiger partial charge in [-0.05, 0) is 37.9 Å². The Labute approximate surface area is 110 Å². The van der Waals surface area contributed by atoms with Crippen molar-refractivity contribution in [1.29, 1.82) is 0 Å². The van der Waals surface area contributed by atoms with E-state index in [2.05, 4.69) is 5.32 Å². The molecule has 1 nitrogen and oxygen atoms in total. The van der Waals surface area contributed by atoms with Crippen LogP contribution in [0.25, 0.3) is 0 Å². The quantitative estimate of drug-likeness (QED) is 0.828. The lowest BCUT2D eigenvalue weighted by atomic mass is 9.99. The molecular weight excluding hydrogens is 263 g/mol. The molecule has 0 radical (unpaired) electrons. The van der Waals surface area contributed by atoms with E-state index >= 15 is 0 Å². The van der Waals surface area contributed by atoms with Gasteiger partial charge < -0.3 is 5.32 Å². The lowest BCUT2D eigenvalue weighted by Crippen LogP contribution is -2.18. The molecule has 0 amide bonds. The highest BCUT2D eigenvalue weighted by atomic mass is 35.5. The minimum atomic E-state index is -4.09. The largest absolute Gasteiger partial charge is 0.389 e. The lowest BCUT2D eigenvalue weighted by Gasteiger charge is -2.19. The van der Waals surface area contributed by atoms with Crippen LogP contribution in [-0.4, -0.2) is 13.2 Å². The maximum Gasteiger partial charge on any atom is 0.389 e. The summed E-state index contributed by atoms with van der Waals surface area (Å²) in [6.07, 6.45) is -4.33. The zero-order valence-corrected chi connectivity index (χ0v) is 11.2. The molecule has 1 N–H and O–H groups in total. The molecule has 1 unspecified atom stereocenters. The third kappa shape index (κ3) is 4.50. The fourth-order valence-corrected chi connectivity index (χ4v) is 2.16. The van der Waals surface area contributed by atoms with Gasteiger partial charge in [0.25, 0.3) is 0 Å². The third-order valence-corrected chi connectivity index (χ3v) is 3.41. The van der Waals surface area contributed by atoms with Gasteiger partial charge >= 0.3 is 6.18 Å². The van der Waals surface area contributed by atoms with Crippen molar-refractivity contribution in [2.24, 2.45) is 0 Å². The maximum atomic E-state index is 12.1. The summed E-state index contributed by atoms with van der Waals surface area (Å²) in [5, 5.41) is 3.65. The number of rotatable bonds is 5. The van der Waals surface area contributed by atoms with Crippen molar-refractivity contribution in [3.05, 3.63) is 34.3 Å². The van der Waals surface area contributed by atoms with E-state index in [0.717, 1.165) is 11.1 Å². The van der Waals surface area contributed by atoms with Crippen LogP contribution in [0.15, 0.2) is 18.2 Å². The van der Waals surface area contributed by atoms with Gasteiger partial charge in [-0.1, -0.05) is 29.8 Å². The van der Waals surface area contributed by atoms with Crippen molar-refractivity contribution in [3.8, 4) is 0 Å². The first-order chi connectivity index (χ1) is 8.35. The number of aryl methyl sites for hydroxylation is 1. The van der Waals surface area contributed by atoms with Crippen LogP contribution < -0.4 is 5.32 Å². The molecule has 1 aromatic carbocycles. The molecule has 102 valence electrons. The predicted octanol–water partition coefficient (Wildman–Crippen LogP) is 4.64. The van der Waals surface area contributed by atoms with Crippen LogP contribution in [-0.2, 0) is 0 Å². The van der Waals surface area contributed by atoms with E-state index in [1.54, 1.807) is 7.05 Å². The van der Waals surface area contributed by atoms with Crippen molar-refractivity contribution in [1.82, 2.24) is 5.32 Å². The van der Waals surface area contributed by atoms with Crippen LogP contribution in [0.1, 0.15) is 36.4 Å². The van der Waals surface area contributed by atoms with Crippen molar-refractivity contribution in [3.63, 3.8) is 0 Å². The summed E-state index contributed by atoms with van der Waals surface area (Å²) in [6.45, 7) is 1.88. The molecule has 0 saturated carbocycles. The second kappa shape index (κ2) is 6.43. The molecular formula is C13H17ClF3N. The SMILES string of the molecule is CNC(CCCC(F)(F)F)c1cccc(C)c1Cl. The van der Waals surface area contributed by atoms with Gasteiger partial charge in [-0.3, -0.25) is 0 Å². The normalized spacial score (nSPS) is 13.7. The minimum absolute atomic E-state index is 0.0965. The number of alkyl halides is 3. The Kier molecular flexibility index (Phi) is 5.47. The molecule has 0 aromatic heterocycles. The van der Waals surface area contributed by atoms with Crippen LogP contribution in [0.2, 0.25) is 5.02 Å². The number of nitrogens with one attached hydrogen (secondary N) is 1. The number of benzene rings is 1. The van der Waals surface area contributed by atoms with E-state index in [-0.39, 0.29) is 12.5 Å². The van der Waals surface area contributed by atoms with E-state index in [1.807, 2.05) is 25.1 Å². The summed E-state index contributed by atoms with van der Waals surface area (Å²) in [4.78, 5) is 0. The standard InChI is InChI=1S/C13H17ClF3N/c1-9-5-3-6-10(12(9)14)11(18-2)7-4-8-13(15,16)17/h3,5-6,11,18H,4,7-8H2,1-2H3. The average molecular weight is 280 g/mol. The van der Waals surface area contributed by atoms with Crippen LogP contribution in [0.4, 0.5) is 13.2 Å². The molecule has 0 aliphatic carbocycles. The highest BCUT2D eigenvalue weighted by molar-refractivity contribution is 6.32. The van der Waals surface area contributed by atoms with Crippen molar-refractivity contribution in [2.75, 3.05) is 7.05 Å². The highest BCUT2D eigenvalue weighted by Crippen LogP contribution is 2.30. The number of hydrogen-bond donors (Lipinski definition) is 1. The number of halogens is 4. The van der Waals surface area contributed by atoms with Gasteiger partial charge in [0.15, 0.2) is 0 Å². The molecule has 18 heavy (non-hydrogen) atoms. The molecule has 1 rings (SSSR count). The monoisotopic (exact) mass is 279 g/mol. The van der Waals surface area contributed by atoms with Gasteiger partial charge in [-0.15, -0.1) is 0 Å². The molecule has 0 fully saturated rings. The maximum absolute atomic E-state index is 12.1. The Morgan fingerprint density at radius 1 is 1.33 bits per heavy atom. The molecule has 0 bridgehead atoms. The van der Waals surface area contributed by atoms with Crippen LogP contribution in [0.3, 0.4) is 0 Å². The Bertz CT molecular complexity index is 390. The van der Waals surface area contributed by atoms with E-state index in [4.69, 9.17) is 11.6 Å². The summed E-state index contributed by atoms with van der Waals surface area (Å²) >= 11 is 6.17. The Hall–Kier alpha value is -0.740. The molecule has 0 aliphatic heterocycles. The topological polar surface area (TPSA) is 12.0 Å². The summed E-state index contributed by atoms with van der Waals surface area (Å²) in [6, 6.07) is 5.46. The third-order valence-electron chi connectivity index (χ3n) is 2.90. The Morgan fingerprint density at radius 2 is 2.00 bits per heavy atom. The van der Waals surface area contributed by atoms with Gasteiger partial charge in [-0.25, -0.2) is 0 Å². The summed E-state index contributed by atoms with van der Waals surface area (Å²) in [7, 11) is 1.73. The zero-order valence-electron chi connectivity index (χ0n) is 10.4. The average Bonchev–Trinajstić information content (AvgIpc) is 2.27. The van der Waals surface area contributed by atoms with E-state index in [0.29, 0.717) is 11.4 Å². The molecule has 5 heteroatoms. The fourth-order valence-electron chi connectivity index (χ4n) is 1.90. The van der Waals surface area contributed by atoms with Gasteiger partial charge in [0.05, 0.1) is 0 Å². The first-order valence-corrected chi connectivity index (χ1v) is 6.22. The second-order valence-corrected chi connectivity index (χ2v) is 4.70. The zero-order chi connectivity index (χ0) is 13.8. The fraction of sp³-hybridized carbons (Fsp3) is 0.538. The van der Waals surface area contributed by atoms with Crippen LogP contribution in [0.5, 0.6) is 0 Å². The number of hydrogen-bond acceptors (Lipinski definition) is 1. The van der Waals surface area contributed by atoms with Gasteiger partial charge in [0.1, 0.15) is 0 Å². The van der Waals surface area contributed by atoms with E-state index < -0.39 is 12.6 Å². The molecule has 0 saturated heterocycles. The summed E-state index contributed by atoms with van der Waals surface area (Å²) < 4.78 is 36.3. The second-order valence-electron chi connectivity index (χ2n) is 4.33. The molecule has 0 aliphatic rings. The van der Waals surface area contributed by atoms with Crippen LogP contribution in [0, 0.1) is 6.92 Å². The summed E-state index contributed by atoms with van der Waals surface area (Å²) in [5.74, 6) is 0. The molecule has 1 atom stereocenters. The van der Waals surface area contributed by atoms with Crippen molar-refractivity contribution < 1.29 is 13.2 Å². The minimum Gasteiger partial charge on any atom is -0.313 e. The Morgan fingerprint density at radius 3 is 2.56 bits per heavy atom. The highest BCUT2D eigenvalue weighted by Gasteiger charge is 2.27.